The van der Waals surface area contributed by atoms with Crippen molar-refractivity contribution in [3.05, 3.63) is 91.5 Å². The van der Waals surface area contributed by atoms with Gasteiger partial charge in [-0.25, -0.2) is 9.59 Å². The summed E-state index contributed by atoms with van der Waals surface area (Å²) in [6, 6.07) is 9.60. The van der Waals surface area contributed by atoms with Crippen LogP contribution in [0, 0.1) is 16.2 Å². The van der Waals surface area contributed by atoms with E-state index in [1.54, 1.807) is 18.8 Å². The van der Waals surface area contributed by atoms with E-state index >= 15 is 0 Å². The maximum absolute atomic E-state index is 13.1. The van der Waals surface area contributed by atoms with Gasteiger partial charge in [-0.3, -0.25) is 9.59 Å². The highest BCUT2D eigenvalue weighted by Crippen LogP contribution is 2.50. The maximum Gasteiger partial charge on any atom is 0.341 e. The van der Waals surface area contributed by atoms with Crippen molar-refractivity contribution in [2.75, 3.05) is 54.5 Å². The number of benzene rings is 2. The molecule has 0 amide bonds. The number of carbonyl (C=O) groups is 2. The number of fused-ring (bicyclic) bond motifs is 6. The van der Waals surface area contributed by atoms with Gasteiger partial charge in [0.2, 0.25) is 0 Å². The van der Waals surface area contributed by atoms with E-state index in [9.17, 15) is 34.5 Å². The summed E-state index contributed by atoms with van der Waals surface area (Å²) in [5, 5.41) is 30.0. The molecule has 0 spiro atoms. The maximum atomic E-state index is 13.1. The molecule has 16 nitrogen and oxygen atoms in total. The molecule has 2 aliphatic heterocycles. The molecule has 4 aliphatic rings. The van der Waals surface area contributed by atoms with Crippen LogP contribution >= 0.6 is 0 Å². The number of carboxylic acids is 2. The summed E-state index contributed by atoms with van der Waals surface area (Å²) in [6.45, 7) is 8.74. The zero-order valence-corrected chi connectivity index (χ0v) is 37.9. The minimum atomic E-state index is -1.31. The van der Waals surface area contributed by atoms with Gasteiger partial charge >= 0.3 is 11.9 Å². The van der Waals surface area contributed by atoms with Crippen LogP contribution in [0.25, 0.3) is 22.5 Å². The molecule has 2 atom stereocenters. The molecular weight excluding hydrogens is 841 g/mol. The standard InChI is InChI=1S/C49H58N2O14/c1-47(2,22-52)43-12-27-10-41(39(60-6)16-31(27)35-18-37(53)33(45(55)56)20-50(35)43)64-25-49(8-9-49)24-63-26-62-23-48(3,4)44-13-28-11-42(65-30-14-29(15-30)59-5)40(61-7)17-32(28)36-19-38(54)34(46(57)58)21-51(36)44/h10-11,16-21,29-30,43-44,52H,8-9,12-15,22-26H2,1-7H3,(H,55,56)(H,57,58)/t29-,30-,43-,44-/m0/s1. The Morgan fingerprint density at radius 3 is 1.71 bits per heavy atom. The molecule has 0 unspecified atom stereocenters. The molecule has 8 rings (SSSR count). The Bertz CT molecular complexity index is 2620. The van der Waals surface area contributed by atoms with Crippen molar-refractivity contribution in [2.45, 2.75) is 90.5 Å². The molecule has 2 aromatic carbocycles. The summed E-state index contributed by atoms with van der Waals surface area (Å²) < 4.78 is 45.7. The molecule has 16 heteroatoms. The van der Waals surface area contributed by atoms with Crippen LogP contribution < -0.4 is 29.8 Å². The van der Waals surface area contributed by atoms with Gasteiger partial charge < -0.3 is 57.6 Å². The lowest BCUT2D eigenvalue weighted by molar-refractivity contribution is -0.0977. The first kappa shape index (κ1) is 45.9. The van der Waals surface area contributed by atoms with Crippen LogP contribution in [0.1, 0.15) is 97.3 Å². The second-order valence-corrected chi connectivity index (χ2v) is 19.4. The Kier molecular flexibility index (Phi) is 12.4. The third-order valence-corrected chi connectivity index (χ3v) is 13.9. The predicted molar refractivity (Wildman–Crippen MR) is 238 cm³/mol. The Morgan fingerprint density at radius 2 is 1.22 bits per heavy atom. The molecule has 4 aromatic rings. The van der Waals surface area contributed by atoms with Crippen LogP contribution in [-0.2, 0) is 27.1 Å². The number of nitrogens with zero attached hydrogens (tertiary/aromatic N) is 2. The van der Waals surface area contributed by atoms with Gasteiger partial charge in [-0.2, -0.15) is 0 Å². The van der Waals surface area contributed by atoms with Gasteiger partial charge in [-0.05, 0) is 61.1 Å². The van der Waals surface area contributed by atoms with E-state index in [4.69, 9.17) is 33.2 Å². The van der Waals surface area contributed by atoms with Crippen LogP contribution in [0.3, 0.4) is 0 Å². The Hall–Kier alpha value is -5.68. The average molecular weight is 899 g/mol. The molecular formula is C49H58N2O14. The predicted octanol–water partition coefficient (Wildman–Crippen LogP) is 6.40. The average Bonchev–Trinajstić information content (AvgIpc) is 4.04. The Labute approximate surface area is 376 Å². The van der Waals surface area contributed by atoms with Gasteiger partial charge in [0, 0.05) is 83.9 Å². The molecule has 2 aromatic heterocycles. The fourth-order valence-corrected chi connectivity index (χ4v) is 9.38. The van der Waals surface area contributed by atoms with E-state index in [1.165, 1.54) is 31.6 Å². The van der Waals surface area contributed by atoms with Gasteiger partial charge in [-0.1, -0.05) is 27.7 Å². The molecule has 2 fully saturated rings. The van der Waals surface area contributed by atoms with Crippen LogP contribution in [0.5, 0.6) is 23.0 Å². The second-order valence-electron chi connectivity index (χ2n) is 19.4. The largest absolute Gasteiger partial charge is 0.493 e. The number of hydrogen-bond donors (Lipinski definition) is 3. The summed E-state index contributed by atoms with van der Waals surface area (Å²) >= 11 is 0. The van der Waals surface area contributed by atoms with Crippen LogP contribution in [0.2, 0.25) is 0 Å². The molecule has 348 valence electrons. The monoisotopic (exact) mass is 898 g/mol. The van der Waals surface area contributed by atoms with Crippen molar-refractivity contribution in [1.82, 2.24) is 9.13 Å². The van der Waals surface area contributed by atoms with Gasteiger partial charge in [0.05, 0.1) is 58.1 Å². The Balaban J connectivity index is 0.939. The number of pyridine rings is 2. The van der Waals surface area contributed by atoms with Crippen molar-refractivity contribution >= 4 is 11.9 Å². The van der Waals surface area contributed by atoms with Crippen molar-refractivity contribution in [3.63, 3.8) is 0 Å². The number of methoxy groups -OCH3 is 3. The van der Waals surface area contributed by atoms with Crippen molar-refractivity contribution in [2.24, 2.45) is 16.2 Å². The van der Waals surface area contributed by atoms with Crippen LogP contribution in [0.4, 0.5) is 0 Å². The van der Waals surface area contributed by atoms with Gasteiger partial charge in [-0.15, -0.1) is 0 Å². The molecule has 0 bridgehead atoms. The summed E-state index contributed by atoms with van der Waals surface area (Å²) in [5.41, 5.74) is 1.11. The summed E-state index contributed by atoms with van der Waals surface area (Å²) in [5.74, 6) is -0.505. The summed E-state index contributed by atoms with van der Waals surface area (Å²) in [6.07, 6.45) is 7.22. The fourth-order valence-electron chi connectivity index (χ4n) is 9.38. The van der Waals surface area contributed by atoms with Crippen molar-refractivity contribution < 1.29 is 58.1 Å². The normalized spacial score (nSPS) is 20.3. The molecule has 4 heterocycles. The van der Waals surface area contributed by atoms with Crippen molar-refractivity contribution in [1.29, 1.82) is 0 Å². The van der Waals surface area contributed by atoms with E-state index in [-0.39, 0.29) is 60.8 Å². The van der Waals surface area contributed by atoms with Gasteiger partial charge in [0.15, 0.2) is 33.9 Å². The first-order chi connectivity index (χ1) is 30.9. The number of aliphatic hydroxyl groups excluding tert-OH is 1. The Morgan fingerprint density at radius 1 is 0.692 bits per heavy atom. The van der Waals surface area contributed by atoms with E-state index in [2.05, 4.69) is 0 Å². The lowest BCUT2D eigenvalue weighted by Crippen LogP contribution is -2.39. The first-order valence-electron chi connectivity index (χ1n) is 21.9. The zero-order valence-electron chi connectivity index (χ0n) is 37.9. The summed E-state index contributed by atoms with van der Waals surface area (Å²) in [4.78, 5) is 50.1. The highest BCUT2D eigenvalue weighted by molar-refractivity contribution is 5.88. The lowest BCUT2D eigenvalue weighted by Gasteiger charge is -2.41. The SMILES string of the molecule is COc1cc2c(cc1OCC1(COCOCC(C)(C)[C@@H]3Cc4cc(O[C@H]5C[C@H](OC)C5)c(OC)cc4-c4cc(=O)c(C(=O)O)cn43)CC1)C[C@@H](C(C)(C)CO)n1cc(C(=O)O)c(=O)cc1-2. The highest BCUT2D eigenvalue weighted by Gasteiger charge is 2.45. The van der Waals surface area contributed by atoms with Crippen LogP contribution in [0.15, 0.2) is 58.4 Å². The third-order valence-electron chi connectivity index (χ3n) is 13.9. The van der Waals surface area contributed by atoms with Gasteiger partial charge in [0.25, 0.3) is 0 Å². The topological polar surface area (TPSA) is 203 Å². The minimum Gasteiger partial charge on any atom is -0.493 e. The van der Waals surface area contributed by atoms with Gasteiger partial charge in [0.1, 0.15) is 24.0 Å². The number of aromatic carboxylic acids is 2. The number of aromatic nitrogens is 2. The fraction of sp³-hybridized carbons (Fsp3) is 0.510. The number of rotatable bonds is 19. The van der Waals surface area contributed by atoms with E-state index < -0.39 is 33.6 Å². The van der Waals surface area contributed by atoms with Crippen molar-refractivity contribution in [3.8, 4) is 45.5 Å². The van der Waals surface area contributed by atoms with E-state index in [1.807, 2.05) is 56.5 Å². The lowest BCUT2D eigenvalue weighted by atomic mass is 9.77. The quantitative estimate of drug-likeness (QED) is 0.0689. The molecule has 0 radical (unpaired) electrons. The highest BCUT2D eigenvalue weighted by atomic mass is 16.7. The van der Waals surface area contributed by atoms with E-state index in [0.29, 0.717) is 60.4 Å². The molecule has 3 N–H and O–H groups in total. The zero-order chi connectivity index (χ0) is 46.6. The third kappa shape index (κ3) is 8.88. The molecule has 0 saturated heterocycles. The summed E-state index contributed by atoms with van der Waals surface area (Å²) in [7, 11) is 4.79. The number of hydrogen-bond acceptors (Lipinski definition) is 12. The number of aliphatic hydroxyl groups is 1. The minimum absolute atomic E-state index is 0.0114. The molecule has 2 aliphatic carbocycles. The number of ether oxygens (including phenoxy) is 7. The van der Waals surface area contributed by atoms with E-state index in [0.717, 1.165) is 47.9 Å². The van der Waals surface area contributed by atoms with Crippen LogP contribution in [-0.4, -0.2) is 103 Å². The molecule has 2 saturated carbocycles. The first-order valence-corrected chi connectivity index (χ1v) is 21.9. The smallest absolute Gasteiger partial charge is 0.341 e. The second kappa shape index (κ2) is 17.6. The number of carboxylic acid groups (broad SMARTS) is 2. The molecule has 65 heavy (non-hydrogen) atoms.